The third-order valence-corrected chi connectivity index (χ3v) is 6.96. The Balaban J connectivity index is 1.62. The van der Waals surface area contributed by atoms with Crippen LogP contribution in [0.25, 0.3) is 22.4 Å². The molecule has 0 unspecified atom stereocenters. The van der Waals surface area contributed by atoms with Crippen LogP contribution in [0.15, 0.2) is 60.7 Å². The van der Waals surface area contributed by atoms with Gasteiger partial charge in [-0.25, -0.2) is 4.39 Å². The van der Waals surface area contributed by atoms with Gasteiger partial charge in [-0.3, -0.25) is 4.79 Å². The SMILES string of the molecule is CCB1O[C@H](CCn2c(C(C)C)cc(-c3ccccc3)c2-c2ccc(F)cc2)C[C@H](CC(=O)OC(C)(C)C)O1. The lowest BCUT2D eigenvalue weighted by Gasteiger charge is -2.34. The Hall–Kier alpha value is -2.90. The maximum Gasteiger partial charge on any atom is 0.456 e. The van der Waals surface area contributed by atoms with Crippen molar-refractivity contribution in [2.45, 2.75) is 97.4 Å². The number of hydrogen-bond acceptors (Lipinski definition) is 4. The fourth-order valence-electron chi connectivity index (χ4n) is 5.26. The van der Waals surface area contributed by atoms with Crippen molar-refractivity contribution in [2.75, 3.05) is 0 Å². The van der Waals surface area contributed by atoms with Crippen molar-refractivity contribution in [2.24, 2.45) is 0 Å². The number of nitrogens with zero attached hydrogens (tertiary/aromatic N) is 1. The molecule has 1 saturated heterocycles. The zero-order valence-electron chi connectivity index (χ0n) is 24.1. The molecular formula is C32H41BFNO4. The molecule has 1 aromatic heterocycles. The summed E-state index contributed by atoms with van der Waals surface area (Å²) in [5.74, 6) is -0.207. The van der Waals surface area contributed by atoms with Crippen LogP contribution in [0.2, 0.25) is 6.32 Å². The predicted octanol–water partition coefficient (Wildman–Crippen LogP) is 7.89. The molecule has 0 spiro atoms. The summed E-state index contributed by atoms with van der Waals surface area (Å²) in [4.78, 5) is 12.5. The highest BCUT2D eigenvalue weighted by Gasteiger charge is 2.35. The summed E-state index contributed by atoms with van der Waals surface area (Å²) < 4.78 is 34.1. The van der Waals surface area contributed by atoms with Crippen LogP contribution >= 0.6 is 0 Å². The first-order valence-corrected chi connectivity index (χ1v) is 14.1. The number of benzene rings is 2. The van der Waals surface area contributed by atoms with Gasteiger partial charge in [-0.05, 0) is 87.3 Å². The Morgan fingerprint density at radius 1 is 1.05 bits per heavy atom. The van der Waals surface area contributed by atoms with Crippen LogP contribution in [-0.2, 0) is 25.4 Å². The highest BCUT2D eigenvalue weighted by atomic mass is 19.1. The van der Waals surface area contributed by atoms with E-state index in [9.17, 15) is 9.18 Å². The van der Waals surface area contributed by atoms with Crippen LogP contribution in [0.4, 0.5) is 4.39 Å². The molecule has 0 amide bonds. The molecule has 0 bridgehead atoms. The fourth-order valence-corrected chi connectivity index (χ4v) is 5.26. The van der Waals surface area contributed by atoms with Gasteiger partial charge in [-0.1, -0.05) is 51.1 Å². The Bertz CT molecular complexity index is 1230. The van der Waals surface area contributed by atoms with Crippen LogP contribution in [0, 0.1) is 5.82 Å². The van der Waals surface area contributed by atoms with E-state index in [1.807, 2.05) is 58.0 Å². The largest absolute Gasteiger partial charge is 0.460 e. The summed E-state index contributed by atoms with van der Waals surface area (Å²) in [7, 11) is -0.345. The van der Waals surface area contributed by atoms with E-state index in [1.54, 1.807) is 0 Å². The molecule has 208 valence electrons. The van der Waals surface area contributed by atoms with Gasteiger partial charge in [0, 0.05) is 23.9 Å². The lowest BCUT2D eigenvalue weighted by Crippen LogP contribution is -2.42. The Labute approximate surface area is 232 Å². The smallest absolute Gasteiger partial charge is 0.456 e. The Morgan fingerprint density at radius 3 is 2.33 bits per heavy atom. The molecule has 2 heterocycles. The van der Waals surface area contributed by atoms with Crippen molar-refractivity contribution < 1.29 is 23.2 Å². The zero-order chi connectivity index (χ0) is 28.2. The van der Waals surface area contributed by atoms with E-state index in [2.05, 4.69) is 36.6 Å². The molecule has 2 aromatic carbocycles. The maximum atomic E-state index is 13.9. The number of hydrogen-bond donors (Lipinski definition) is 0. The third-order valence-electron chi connectivity index (χ3n) is 6.96. The molecule has 39 heavy (non-hydrogen) atoms. The van der Waals surface area contributed by atoms with Crippen molar-refractivity contribution in [3.63, 3.8) is 0 Å². The van der Waals surface area contributed by atoms with Crippen LogP contribution < -0.4 is 0 Å². The van der Waals surface area contributed by atoms with E-state index in [0.717, 1.165) is 35.3 Å². The quantitative estimate of drug-likeness (QED) is 0.207. The molecule has 1 aliphatic heterocycles. The van der Waals surface area contributed by atoms with E-state index in [4.69, 9.17) is 14.0 Å². The summed E-state index contributed by atoms with van der Waals surface area (Å²) in [5, 5.41) is 0. The van der Waals surface area contributed by atoms with Gasteiger partial charge in [0.2, 0.25) is 0 Å². The van der Waals surface area contributed by atoms with Gasteiger partial charge in [-0.2, -0.15) is 0 Å². The van der Waals surface area contributed by atoms with Gasteiger partial charge in [0.15, 0.2) is 0 Å². The normalized spacial score (nSPS) is 18.0. The number of aromatic nitrogens is 1. The molecule has 0 N–H and O–H groups in total. The number of carbonyl (C=O) groups is 1. The van der Waals surface area contributed by atoms with Crippen molar-refractivity contribution in [3.05, 3.63) is 72.2 Å². The first-order chi connectivity index (χ1) is 18.5. The summed E-state index contributed by atoms with van der Waals surface area (Å²) in [6, 6.07) is 19.3. The number of carbonyl (C=O) groups excluding carboxylic acids is 1. The van der Waals surface area contributed by atoms with Gasteiger partial charge in [0.1, 0.15) is 11.4 Å². The second-order valence-electron chi connectivity index (χ2n) is 11.7. The number of esters is 1. The molecule has 0 saturated carbocycles. The molecule has 5 nitrogen and oxygen atoms in total. The lowest BCUT2D eigenvalue weighted by molar-refractivity contribution is -0.157. The minimum absolute atomic E-state index is 0.0557. The molecule has 1 aliphatic rings. The predicted molar refractivity (Wildman–Crippen MR) is 155 cm³/mol. The number of rotatable bonds is 9. The molecule has 7 heteroatoms. The minimum atomic E-state index is -0.527. The summed E-state index contributed by atoms with van der Waals surface area (Å²) in [5.41, 5.74) is 5.01. The van der Waals surface area contributed by atoms with Crippen LogP contribution in [0.5, 0.6) is 0 Å². The highest BCUT2D eigenvalue weighted by Crippen LogP contribution is 2.38. The Morgan fingerprint density at radius 2 is 1.72 bits per heavy atom. The van der Waals surface area contributed by atoms with E-state index < -0.39 is 5.60 Å². The van der Waals surface area contributed by atoms with Crippen molar-refractivity contribution in [1.82, 2.24) is 4.57 Å². The first-order valence-electron chi connectivity index (χ1n) is 14.1. The average Bonchev–Trinajstić information content (AvgIpc) is 3.27. The third kappa shape index (κ3) is 7.61. The standard InChI is InChI=1S/C32H41BFNO4/c1-7-33-38-26(19-27(39-33)20-30(36)37-32(4,5)6)17-18-35-29(22(2)3)21-28(23-11-9-8-10-12-23)31(35)24-13-15-25(34)16-14-24/h8-16,21-22,26-27H,7,17-20H2,1-6H3/t26-,27-/m1/s1. The molecule has 2 atom stereocenters. The first kappa shape index (κ1) is 29.1. The van der Waals surface area contributed by atoms with E-state index in [0.29, 0.717) is 18.7 Å². The monoisotopic (exact) mass is 533 g/mol. The van der Waals surface area contributed by atoms with Gasteiger partial charge in [0.25, 0.3) is 0 Å². The van der Waals surface area contributed by atoms with Crippen molar-refractivity contribution >= 4 is 13.1 Å². The van der Waals surface area contributed by atoms with E-state index in [1.165, 1.54) is 17.8 Å². The second kappa shape index (κ2) is 12.5. The van der Waals surface area contributed by atoms with Gasteiger partial charge in [0.05, 0.1) is 18.2 Å². The lowest BCUT2D eigenvalue weighted by atomic mass is 9.82. The average molecular weight is 533 g/mol. The van der Waals surface area contributed by atoms with Gasteiger partial charge < -0.3 is 18.6 Å². The summed E-state index contributed by atoms with van der Waals surface area (Å²) in [6.45, 7) is 12.8. The molecule has 3 aromatic rings. The summed E-state index contributed by atoms with van der Waals surface area (Å²) >= 11 is 0. The van der Waals surface area contributed by atoms with Gasteiger partial charge >= 0.3 is 13.1 Å². The number of halogens is 1. The fraction of sp³-hybridized carbons (Fsp3) is 0.469. The zero-order valence-corrected chi connectivity index (χ0v) is 24.1. The van der Waals surface area contributed by atoms with Crippen molar-refractivity contribution in [1.29, 1.82) is 0 Å². The molecule has 0 radical (unpaired) electrons. The van der Waals surface area contributed by atoms with Crippen molar-refractivity contribution in [3.8, 4) is 22.4 Å². The van der Waals surface area contributed by atoms with Crippen LogP contribution in [-0.4, -0.2) is 35.5 Å². The maximum absolute atomic E-state index is 13.9. The molecule has 0 aliphatic carbocycles. The topological polar surface area (TPSA) is 49.7 Å². The Kier molecular flexibility index (Phi) is 9.34. The molecule has 4 rings (SSSR count). The molecule has 1 fully saturated rings. The summed E-state index contributed by atoms with van der Waals surface area (Å²) in [6.07, 6.45) is 2.02. The highest BCUT2D eigenvalue weighted by molar-refractivity contribution is 6.44. The van der Waals surface area contributed by atoms with Crippen LogP contribution in [0.1, 0.15) is 72.4 Å². The van der Waals surface area contributed by atoms with Crippen LogP contribution in [0.3, 0.4) is 0 Å². The van der Waals surface area contributed by atoms with Gasteiger partial charge in [-0.15, -0.1) is 0 Å². The number of ether oxygens (including phenoxy) is 1. The second-order valence-corrected chi connectivity index (χ2v) is 11.7. The minimum Gasteiger partial charge on any atom is -0.460 e. The molecular weight excluding hydrogens is 492 g/mol. The van der Waals surface area contributed by atoms with E-state index >= 15 is 0 Å². The van der Waals surface area contributed by atoms with E-state index in [-0.39, 0.29) is 37.5 Å².